The minimum atomic E-state index is -3.91. The molecule has 1 heterocycles. The summed E-state index contributed by atoms with van der Waals surface area (Å²) in [6.07, 6.45) is 0. The van der Waals surface area contributed by atoms with Gasteiger partial charge in [0.2, 0.25) is 15.9 Å². The summed E-state index contributed by atoms with van der Waals surface area (Å²) in [5.41, 5.74) is 2.17. The summed E-state index contributed by atoms with van der Waals surface area (Å²) in [7, 11) is -3.91. The van der Waals surface area contributed by atoms with Crippen LogP contribution in [0.5, 0.6) is 0 Å². The molecule has 0 saturated carbocycles. The van der Waals surface area contributed by atoms with E-state index in [4.69, 9.17) is 5.14 Å². The molecule has 0 atom stereocenters. The highest BCUT2D eigenvalue weighted by atomic mass is 32.2. The maximum Gasteiger partial charge on any atom is 0.251 e. The topological polar surface area (TPSA) is 113 Å². The zero-order valence-electron chi connectivity index (χ0n) is 18.0. The summed E-state index contributed by atoms with van der Waals surface area (Å²) in [6.45, 7) is 7.81. The third kappa shape index (κ3) is 5.42. The Morgan fingerprint density at radius 1 is 1.10 bits per heavy atom. The van der Waals surface area contributed by atoms with Gasteiger partial charge >= 0.3 is 0 Å². The lowest BCUT2D eigenvalue weighted by molar-refractivity contribution is -0.131. The number of benzene rings is 2. The number of primary sulfonamides is 1. The highest BCUT2D eigenvalue weighted by Crippen LogP contribution is 2.28. The molecule has 1 aliphatic rings. The first-order valence-electron chi connectivity index (χ1n) is 10.0. The number of nitrogens with one attached hydrogen (secondary N) is 1. The Morgan fingerprint density at radius 3 is 2.39 bits per heavy atom. The first-order valence-corrected chi connectivity index (χ1v) is 11.6. The van der Waals surface area contributed by atoms with Crippen LogP contribution in [0.1, 0.15) is 29.8 Å². The fraction of sp³-hybridized carbons (Fsp3) is 0.364. The Bertz CT molecular complexity index is 1080. The summed E-state index contributed by atoms with van der Waals surface area (Å²) in [6, 6.07) is 13.7. The number of nitrogens with zero attached hydrogens (tertiary/aromatic N) is 2. The van der Waals surface area contributed by atoms with Crippen LogP contribution in [0.15, 0.2) is 53.4 Å². The van der Waals surface area contributed by atoms with Gasteiger partial charge in [-0.05, 0) is 51.1 Å². The van der Waals surface area contributed by atoms with Gasteiger partial charge < -0.3 is 15.1 Å². The Balaban J connectivity index is 1.60. The quantitative estimate of drug-likeness (QED) is 0.726. The number of piperazine rings is 1. The van der Waals surface area contributed by atoms with Crippen molar-refractivity contribution >= 4 is 27.5 Å². The molecule has 8 nitrogen and oxygen atoms in total. The molecule has 0 bridgehead atoms. The molecule has 0 unspecified atom stereocenters. The average Bonchev–Trinajstić information content (AvgIpc) is 2.71. The van der Waals surface area contributed by atoms with Crippen LogP contribution < -0.4 is 15.4 Å². The lowest BCUT2D eigenvalue weighted by Crippen LogP contribution is -2.61. The van der Waals surface area contributed by atoms with Gasteiger partial charge in [0.25, 0.3) is 5.91 Å². The Hall–Kier alpha value is -2.91. The summed E-state index contributed by atoms with van der Waals surface area (Å²) in [4.78, 5) is 29.0. The van der Waals surface area contributed by atoms with Crippen LogP contribution in [0.25, 0.3) is 0 Å². The summed E-state index contributed by atoms with van der Waals surface area (Å²) >= 11 is 0. The maximum atomic E-state index is 12.7. The second-order valence-electron chi connectivity index (χ2n) is 8.37. The molecule has 2 amide bonds. The number of carbonyl (C=O) groups is 2. The molecular weight excluding hydrogens is 416 g/mol. The van der Waals surface area contributed by atoms with E-state index in [0.717, 1.165) is 5.69 Å². The summed E-state index contributed by atoms with van der Waals surface area (Å²) in [5.74, 6) is -0.719. The van der Waals surface area contributed by atoms with Crippen molar-refractivity contribution in [3.63, 3.8) is 0 Å². The van der Waals surface area contributed by atoms with Crippen molar-refractivity contribution in [1.29, 1.82) is 0 Å². The van der Waals surface area contributed by atoms with Crippen LogP contribution in [-0.2, 0) is 14.8 Å². The fourth-order valence-electron chi connectivity index (χ4n) is 3.76. The third-order valence-corrected chi connectivity index (χ3v) is 6.34. The van der Waals surface area contributed by atoms with Gasteiger partial charge in [-0.25, -0.2) is 13.6 Å². The lowest BCUT2D eigenvalue weighted by atomic mass is 9.97. The number of hydrogen-bond acceptors (Lipinski definition) is 5. The van der Waals surface area contributed by atoms with E-state index in [1.807, 2.05) is 6.92 Å². The molecule has 2 aromatic carbocycles. The molecule has 1 aliphatic heterocycles. The Kier molecular flexibility index (Phi) is 6.38. The standard InChI is InChI=1S/C22H28N4O4S/c1-16-7-9-18(10-8-16)26-12-11-25(15-22(26,2)3)20(27)14-24-21(28)17-5-4-6-19(13-17)31(23,29)30/h4-10,13H,11-12,14-15H2,1-3H3,(H,24,28)(H2,23,29,30). The van der Waals surface area contributed by atoms with Gasteiger partial charge in [0.15, 0.2) is 0 Å². The van der Waals surface area contributed by atoms with E-state index in [2.05, 4.69) is 48.3 Å². The number of aryl methyl sites for hydroxylation is 1. The van der Waals surface area contributed by atoms with Crippen molar-refractivity contribution in [3.05, 3.63) is 59.7 Å². The van der Waals surface area contributed by atoms with Gasteiger partial charge in [0, 0.05) is 30.9 Å². The Morgan fingerprint density at radius 2 is 1.77 bits per heavy atom. The van der Waals surface area contributed by atoms with Crippen molar-refractivity contribution < 1.29 is 18.0 Å². The maximum absolute atomic E-state index is 12.7. The SMILES string of the molecule is Cc1ccc(N2CCN(C(=O)CNC(=O)c3cccc(S(N)(=O)=O)c3)CC2(C)C)cc1. The number of anilines is 1. The molecule has 3 N–H and O–H groups in total. The predicted molar refractivity (Wildman–Crippen MR) is 119 cm³/mol. The molecule has 1 fully saturated rings. The zero-order valence-corrected chi connectivity index (χ0v) is 18.8. The number of carbonyl (C=O) groups excluding carboxylic acids is 2. The Labute approximate surface area is 183 Å². The van der Waals surface area contributed by atoms with Crippen molar-refractivity contribution in [1.82, 2.24) is 10.2 Å². The van der Waals surface area contributed by atoms with Gasteiger partial charge in [-0.3, -0.25) is 9.59 Å². The van der Waals surface area contributed by atoms with E-state index >= 15 is 0 Å². The molecule has 0 aromatic heterocycles. The van der Waals surface area contributed by atoms with E-state index in [-0.39, 0.29) is 28.4 Å². The van der Waals surface area contributed by atoms with Crippen LogP contribution in [0, 0.1) is 6.92 Å². The smallest absolute Gasteiger partial charge is 0.251 e. The predicted octanol–water partition coefficient (Wildman–Crippen LogP) is 1.50. The zero-order chi connectivity index (χ0) is 22.8. The van der Waals surface area contributed by atoms with Crippen LogP contribution in [0.3, 0.4) is 0 Å². The van der Waals surface area contributed by atoms with Crippen LogP contribution in [0.2, 0.25) is 0 Å². The van der Waals surface area contributed by atoms with Gasteiger partial charge in [-0.1, -0.05) is 23.8 Å². The second-order valence-corrected chi connectivity index (χ2v) is 9.93. The van der Waals surface area contributed by atoms with Crippen LogP contribution >= 0.6 is 0 Å². The molecule has 31 heavy (non-hydrogen) atoms. The first kappa shape index (κ1) is 22.8. The molecule has 9 heteroatoms. The normalized spacial score (nSPS) is 16.1. The van der Waals surface area contributed by atoms with Gasteiger partial charge in [-0.2, -0.15) is 0 Å². The molecule has 0 radical (unpaired) electrons. The molecule has 166 valence electrons. The van der Waals surface area contributed by atoms with Crippen LogP contribution in [-0.4, -0.2) is 56.9 Å². The highest BCUT2D eigenvalue weighted by Gasteiger charge is 2.35. The number of nitrogens with two attached hydrogens (primary N) is 1. The van der Waals surface area contributed by atoms with Gasteiger partial charge in [0.05, 0.1) is 17.0 Å². The minimum Gasteiger partial charge on any atom is -0.363 e. The number of amides is 2. The van der Waals surface area contributed by atoms with E-state index in [1.54, 1.807) is 4.90 Å². The van der Waals surface area contributed by atoms with E-state index < -0.39 is 15.9 Å². The largest absolute Gasteiger partial charge is 0.363 e. The minimum absolute atomic E-state index is 0.129. The molecule has 1 saturated heterocycles. The van der Waals surface area contributed by atoms with Crippen molar-refractivity contribution in [2.24, 2.45) is 5.14 Å². The van der Waals surface area contributed by atoms with Crippen LogP contribution in [0.4, 0.5) is 5.69 Å². The molecule has 3 rings (SSSR count). The van der Waals surface area contributed by atoms with Crippen molar-refractivity contribution in [2.75, 3.05) is 31.1 Å². The van der Waals surface area contributed by atoms with Crippen molar-refractivity contribution in [3.8, 4) is 0 Å². The fourth-order valence-corrected chi connectivity index (χ4v) is 4.31. The molecule has 0 spiro atoms. The van der Waals surface area contributed by atoms with Gasteiger partial charge in [0.1, 0.15) is 0 Å². The second kappa shape index (κ2) is 8.68. The third-order valence-electron chi connectivity index (χ3n) is 5.43. The highest BCUT2D eigenvalue weighted by molar-refractivity contribution is 7.89. The van der Waals surface area contributed by atoms with Gasteiger partial charge in [-0.15, -0.1) is 0 Å². The number of hydrogen-bond donors (Lipinski definition) is 2. The van der Waals surface area contributed by atoms with E-state index in [0.29, 0.717) is 19.6 Å². The van der Waals surface area contributed by atoms with Crippen molar-refractivity contribution in [2.45, 2.75) is 31.2 Å². The first-order chi connectivity index (χ1) is 14.5. The number of rotatable bonds is 5. The number of sulfonamides is 1. The molecule has 2 aromatic rings. The molecular formula is C22H28N4O4S. The molecule has 0 aliphatic carbocycles. The lowest BCUT2D eigenvalue weighted by Gasteiger charge is -2.48. The monoisotopic (exact) mass is 444 g/mol. The van der Waals surface area contributed by atoms with E-state index in [1.165, 1.54) is 29.8 Å². The summed E-state index contributed by atoms with van der Waals surface area (Å²) < 4.78 is 22.9. The average molecular weight is 445 g/mol. The summed E-state index contributed by atoms with van der Waals surface area (Å²) in [5, 5.41) is 7.68. The van der Waals surface area contributed by atoms with E-state index in [9.17, 15) is 18.0 Å².